The van der Waals surface area contributed by atoms with Crippen molar-refractivity contribution < 1.29 is 4.92 Å². The van der Waals surface area contributed by atoms with Gasteiger partial charge in [-0.3, -0.25) is 10.1 Å². The summed E-state index contributed by atoms with van der Waals surface area (Å²) in [5, 5.41) is 14.1. The molecule has 1 unspecified atom stereocenters. The Balaban J connectivity index is 2.61. The first-order valence-corrected chi connectivity index (χ1v) is 6.64. The number of anilines is 1. The van der Waals surface area contributed by atoms with Crippen LogP contribution in [0.5, 0.6) is 0 Å². The van der Waals surface area contributed by atoms with E-state index in [0.717, 1.165) is 18.5 Å². The number of nitro groups is 1. The van der Waals surface area contributed by atoms with Crippen molar-refractivity contribution in [2.24, 2.45) is 0 Å². The molecular formula is C14H23N3O2. The van der Waals surface area contributed by atoms with E-state index < -0.39 is 0 Å². The molecule has 1 N–H and O–H groups in total. The third kappa shape index (κ3) is 4.52. The van der Waals surface area contributed by atoms with Gasteiger partial charge in [-0.2, -0.15) is 0 Å². The second-order valence-electron chi connectivity index (χ2n) is 4.94. The highest BCUT2D eigenvalue weighted by Crippen LogP contribution is 2.24. The molecule has 0 radical (unpaired) electrons. The summed E-state index contributed by atoms with van der Waals surface area (Å²) >= 11 is 0. The molecule has 5 nitrogen and oxygen atoms in total. The van der Waals surface area contributed by atoms with Crippen molar-refractivity contribution in [2.45, 2.75) is 33.2 Å². The molecule has 1 aromatic rings. The minimum Gasteiger partial charge on any atom is -0.378 e. The van der Waals surface area contributed by atoms with Gasteiger partial charge in [0.15, 0.2) is 0 Å². The van der Waals surface area contributed by atoms with Gasteiger partial charge in [0, 0.05) is 25.2 Å². The monoisotopic (exact) mass is 265 g/mol. The summed E-state index contributed by atoms with van der Waals surface area (Å²) in [6.45, 7) is 7.74. The fourth-order valence-electron chi connectivity index (χ4n) is 1.84. The molecule has 1 aromatic carbocycles. The number of hydrogen-bond acceptors (Lipinski definition) is 4. The maximum Gasteiger partial charge on any atom is 0.292 e. The van der Waals surface area contributed by atoms with Crippen LogP contribution in [0.1, 0.15) is 25.8 Å². The van der Waals surface area contributed by atoms with Crippen LogP contribution in [-0.4, -0.2) is 36.0 Å². The van der Waals surface area contributed by atoms with Crippen molar-refractivity contribution in [2.75, 3.05) is 25.5 Å². The van der Waals surface area contributed by atoms with Gasteiger partial charge in [0.1, 0.15) is 5.69 Å². The summed E-state index contributed by atoms with van der Waals surface area (Å²) in [6, 6.07) is 5.78. The van der Waals surface area contributed by atoms with Crippen LogP contribution in [0.15, 0.2) is 18.2 Å². The lowest BCUT2D eigenvalue weighted by Gasteiger charge is -2.23. The smallest absolute Gasteiger partial charge is 0.292 e. The van der Waals surface area contributed by atoms with E-state index in [9.17, 15) is 10.1 Å². The minimum absolute atomic E-state index is 0.145. The predicted octanol–water partition coefficient (Wildman–Crippen LogP) is 3.05. The quantitative estimate of drug-likeness (QED) is 0.608. The number of rotatable bonds is 7. The molecule has 106 valence electrons. The molecule has 0 bridgehead atoms. The topological polar surface area (TPSA) is 58.4 Å². The summed E-state index contributed by atoms with van der Waals surface area (Å²) in [5.74, 6) is 0. The average Bonchev–Trinajstić information content (AvgIpc) is 2.38. The van der Waals surface area contributed by atoms with Crippen LogP contribution >= 0.6 is 0 Å². The predicted molar refractivity (Wildman–Crippen MR) is 78.7 cm³/mol. The zero-order valence-corrected chi connectivity index (χ0v) is 12.1. The first-order chi connectivity index (χ1) is 8.95. The van der Waals surface area contributed by atoms with E-state index >= 15 is 0 Å². The Kier molecular flexibility index (Phi) is 5.76. The van der Waals surface area contributed by atoms with Crippen molar-refractivity contribution in [1.82, 2.24) is 4.90 Å². The maximum atomic E-state index is 11.0. The molecule has 1 atom stereocenters. The molecule has 5 heteroatoms. The Morgan fingerprint density at radius 3 is 2.74 bits per heavy atom. The third-order valence-corrected chi connectivity index (χ3v) is 3.47. The molecule has 0 saturated heterocycles. The highest BCUT2D eigenvalue weighted by atomic mass is 16.6. The average molecular weight is 265 g/mol. The highest BCUT2D eigenvalue weighted by molar-refractivity contribution is 5.62. The molecule has 0 saturated carbocycles. The van der Waals surface area contributed by atoms with Crippen LogP contribution < -0.4 is 5.32 Å². The zero-order valence-electron chi connectivity index (χ0n) is 12.1. The van der Waals surface area contributed by atoms with Crippen molar-refractivity contribution >= 4 is 11.4 Å². The first kappa shape index (κ1) is 15.4. The number of likely N-dealkylation sites (N-methyl/N-ethyl adjacent to an activating group) is 1. The lowest BCUT2D eigenvalue weighted by Crippen LogP contribution is -2.32. The van der Waals surface area contributed by atoms with Crippen LogP contribution in [0.2, 0.25) is 0 Å². The molecular weight excluding hydrogens is 242 g/mol. The molecule has 0 aromatic heterocycles. The van der Waals surface area contributed by atoms with Gasteiger partial charge >= 0.3 is 0 Å². The van der Waals surface area contributed by atoms with Gasteiger partial charge in [-0.1, -0.05) is 13.0 Å². The molecule has 0 spiro atoms. The van der Waals surface area contributed by atoms with E-state index in [1.807, 2.05) is 13.0 Å². The van der Waals surface area contributed by atoms with E-state index in [0.29, 0.717) is 18.3 Å². The van der Waals surface area contributed by atoms with Crippen molar-refractivity contribution in [1.29, 1.82) is 0 Å². The summed E-state index contributed by atoms with van der Waals surface area (Å²) in [4.78, 5) is 12.9. The van der Waals surface area contributed by atoms with E-state index in [-0.39, 0.29) is 10.6 Å². The second kappa shape index (κ2) is 7.09. The van der Waals surface area contributed by atoms with Crippen LogP contribution in [-0.2, 0) is 0 Å². The molecule has 0 aliphatic heterocycles. The third-order valence-electron chi connectivity index (χ3n) is 3.47. The van der Waals surface area contributed by atoms with Crippen LogP contribution in [0, 0.1) is 17.0 Å². The first-order valence-electron chi connectivity index (χ1n) is 6.64. The fourth-order valence-corrected chi connectivity index (χ4v) is 1.84. The number of aryl methyl sites for hydroxylation is 1. The van der Waals surface area contributed by atoms with E-state index in [1.54, 1.807) is 12.1 Å². The van der Waals surface area contributed by atoms with Gasteiger partial charge in [0.2, 0.25) is 0 Å². The summed E-state index contributed by atoms with van der Waals surface area (Å²) < 4.78 is 0. The summed E-state index contributed by atoms with van der Waals surface area (Å²) in [7, 11) is 2.07. The number of nitrogens with zero attached hydrogens (tertiary/aromatic N) is 2. The molecule has 0 amide bonds. The molecule has 0 aliphatic carbocycles. The van der Waals surface area contributed by atoms with Gasteiger partial charge in [-0.25, -0.2) is 0 Å². The molecule has 0 aliphatic rings. The SMILES string of the molecule is CCC(C)N(C)CCNc1ccc(C)cc1[N+](=O)[O-]. The Labute approximate surface area is 114 Å². The Bertz CT molecular complexity index is 435. The van der Waals surface area contributed by atoms with Gasteiger partial charge in [0.05, 0.1) is 4.92 Å². The largest absolute Gasteiger partial charge is 0.378 e. The molecule has 19 heavy (non-hydrogen) atoms. The Morgan fingerprint density at radius 1 is 1.47 bits per heavy atom. The molecule has 0 fully saturated rings. The van der Waals surface area contributed by atoms with Crippen molar-refractivity contribution in [3.8, 4) is 0 Å². The second-order valence-corrected chi connectivity index (χ2v) is 4.94. The van der Waals surface area contributed by atoms with Gasteiger partial charge in [-0.05, 0) is 38.9 Å². The van der Waals surface area contributed by atoms with Gasteiger partial charge in [0.25, 0.3) is 5.69 Å². The normalized spacial score (nSPS) is 12.5. The van der Waals surface area contributed by atoms with Gasteiger partial charge in [-0.15, -0.1) is 0 Å². The highest BCUT2D eigenvalue weighted by Gasteiger charge is 2.13. The summed E-state index contributed by atoms with van der Waals surface area (Å²) in [6.07, 6.45) is 1.10. The number of benzene rings is 1. The number of hydrogen-bond donors (Lipinski definition) is 1. The Morgan fingerprint density at radius 2 is 2.16 bits per heavy atom. The van der Waals surface area contributed by atoms with Crippen molar-refractivity contribution in [3.63, 3.8) is 0 Å². The zero-order chi connectivity index (χ0) is 14.4. The maximum absolute atomic E-state index is 11.0. The minimum atomic E-state index is -0.340. The lowest BCUT2D eigenvalue weighted by atomic mass is 10.2. The van der Waals surface area contributed by atoms with Crippen LogP contribution in [0.25, 0.3) is 0 Å². The van der Waals surface area contributed by atoms with E-state index in [4.69, 9.17) is 0 Å². The lowest BCUT2D eigenvalue weighted by molar-refractivity contribution is -0.384. The Hall–Kier alpha value is -1.62. The number of nitrogens with one attached hydrogen (secondary N) is 1. The van der Waals surface area contributed by atoms with Gasteiger partial charge < -0.3 is 10.2 Å². The van der Waals surface area contributed by atoms with E-state index in [2.05, 4.69) is 31.1 Å². The molecule has 1 rings (SSSR count). The van der Waals surface area contributed by atoms with Crippen LogP contribution in [0.4, 0.5) is 11.4 Å². The number of nitro benzene ring substituents is 1. The van der Waals surface area contributed by atoms with E-state index in [1.165, 1.54) is 0 Å². The fraction of sp³-hybridized carbons (Fsp3) is 0.571. The van der Waals surface area contributed by atoms with Crippen molar-refractivity contribution in [3.05, 3.63) is 33.9 Å². The standard InChI is InChI=1S/C14H23N3O2/c1-5-12(3)16(4)9-8-15-13-7-6-11(2)10-14(13)17(18)19/h6-7,10,12,15H,5,8-9H2,1-4H3. The molecule has 0 heterocycles. The summed E-state index contributed by atoms with van der Waals surface area (Å²) in [5.41, 5.74) is 1.63. The van der Waals surface area contributed by atoms with Crippen LogP contribution in [0.3, 0.4) is 0 Å².